The van der Waals surface area contributed by atoms with E-state index in [0.29, 0.717) is 12.8 Å². The highest BCUT2D eigenvalue weighted by atomic mass is 32.2. The molecule has 0 aromatic heterocycles. The summed E-state index contributed by atoms with van der Waals surface area (Å²) in [4.78, 5) is 0. The highest BCUT2D eigenvalue weighted by Crippen LogP contribution is 2.38. The lowest BCUT2D eigenvalue weighted by Gasteiger charge is -2.31. The van der Waals surface area contributed by atoms with Gasteiger partial charge in [0, 0.05) is 18.0 Å². The molecule has 0 saturated heterocycles. The van der Waals surface area contributed by atoms with Crippen molar-refractivity contribution in [2.75, 3.05) is 17.3 Å². The van der Waals surface area contributed by atoms with Gasteiger partial charge in [0.1, 0.15) is 9.84 Å². The van der Waals surface area contributed by atoms with E-state index in [1.807, 2.05) is 12.1 Å². The van der Waals surface area contributed by atoms with E-state index in [1.165, 1.54) is 6.26 Å². The van der Waals surface area contributed by atoms with E-state index in [0.717, 1.165) is 17.7 Å². The smallest absolute Gasteiger partial charge is 0.382 e. The molecule has 1 aliphatic rings. The Balaban J connectivity index is 1.90. The van der Waals surface area contributed by atoms with Crippen molar-refractivity contribution in [3.63, 3.8) is 0 Å². The number of aryl methyl sites for hydroxylation is 1. The van der Waals surface area contributed by atoms with Crippen LogP contribution in [0.25, 0.3) is 0 Å². The summed E-state index contributed by atoms with van der Waals surface area (Å²) in [6, 6.07) is 7.07. The Morgan fingerprint density at radius 2 is 1.83 bits per heavy atom. The van der Waals surface area contributed by atoms with Gasteiger partial charge in [0.25, 0.3) is 0 Å². The predicted molar refractivity (Wildman–Crippen MR) is 85.3 cm³/mol. The van der Waals surface area contributed by atoms with E-state index in [-0.39, 0.29) is 24.6 Å². The summed E-state index contributed by atoms with van der Waals surface area (Å²) in [6.07, 6.45) is -0.834. The molecule has 2 atom stereocenters. The summed E-state index contributed by atoms with van der Waals surface area (Å²) < 4.78 is 60.7. The fourth-order valence-electron chi connectivity index (χ4n) is 2.92. The molecule has 0 radical (unpaired) electrons. The summed E-state index contributed by atoms with van der Waals surface area (Å²) >= 11 is 0. The number of anilines is 1. The van der Waals surface area contributed by atoms with Crippen molar-refractivity contribution in [1.82, 2.24) is 0 Å². The van der Waals surface area contributed by atoms with Crippen molar-refractivity contribution in [3.8, 4) is 0 Å². The minimum Gasteiger partial charge on any atom is -0.382 e. The fraction of sp³-hybridized carbons (Fsp3) is 0.625. The Bertz CT molecular complexity index is 611. The molecule has 1 saturated carbocycles. The van der Waals surface area contributed by atoms with Gasteiger partial charge in [-0.15, -0.1) is 0 Å². The third-order valence-corrected chi connectivity index (χ3v) is 5.17. The van der Waals surface area contributed by atoms with E-state index in [1.54, 1.807) is 12.1 Å². The van der Waals surface area contributed by atoms with Crippen LogP contribution in [-0.4, -0.2) is 32.6 Å². The van der Waals surface area contributed by atoms with Gasteiger partial charge in [-0.3, -0.25) is 0 Å². The SMILES string of the molecule is CS(=O)(=O)CCc1ccc(N[C@H]2CCC[C@@H](C(F)(F)F)C2)cc1. The maximum Gasteiger partial charge on any atom is 0.391 e. The number of alkyl halides is 3. The van der Waals surface area contributed by atoms with Gasteiger partial charge in [0.2, 0.25) is 0 Å². The second-order valence-corrected chi connectivity index (χ2v) is 8.58. The number of sulfone groups is 1. The largest absolute Gasteiger partial charge is 0.391 e. The van der Waals surface area contributed by atoms with Gasteiger partial charge in [0.15, 0.2) is 0 Å². The van der Waals surface area contributed by atoms with Crippen LogP contribution >= 0.6 is 0 Å². The van der Waals surface area contributed by atoms with Crippen LogP contribution in [-0.2, 0) is 16.3 Å². The molecule has 130 valence electrons. The van der Waals surface area contributed by atoms with E-state index >= 15 is 0 Å². The van der Waals surface area contributed by atoms with Crippen LogP contribution in [0.15, 0.2) is 24.3 Å². The number of hydrogen-bond donors (Lipinski definition) is 1. The Labute approximate surface area is 135 Å². The molecule has 0 spiro atoms. The van der Waals surface area contributed by atoms with Crippen molar-refractivity contribution in [3.05, 3.63) is 29.8 Å². The molecule has 1 fully saturated rings. The van der Waals surface area contributed by atoms with Crippen molar-refractivity contribution in [2.24, 2.45) is 5.92 Å². The highest BCUT2D eigenvalue weighted by molar-refractivity contribution is 7.90. The number of hydrogen-bond acceptors (Lipinski definition) is 3. The van der Waals surface area contributed by atoms with Crippen molar-refractivity contribution in [1.29, 1.82) is 0 Å². The molecule has 7 heteroatoms. The molecule has 0 aliphatic heterocycles. The second-order valence-electron chi connectivity index (χ2n) is 6.32. The average Bonchev–Trinajstić information content (AvgIpc) is 2.45. The van der Waals surface area contributed by atoms with Crippen molar-refractivity contribution < 1.29 is 21.6 Å². The first-order valence-corrected chi connectivity index (χ1v) is 9.79. The van der Waals surface area contributed by atoms with Crippen molar-refractivity contribution >= 4 is 15.5 Å². The zero-order valence-electron chi connectivity index (χ0n) is 13.1. The molecule has 0 unspecified atom stereocenters. The summed E-state index contributed by atoms with van der Waals surface area (Å²) in [7, 11) is -3.00. The minimum absolute atomic E-state index is 0.0929. The van der Waals surface area contributed by atoms with E-state index in [2.05, 4.69) is 5.32 Å². The first-order chi connectivity index (χ1) is 10.6. The Hall–Kier alpha value is -1.24. The molecule has 23 heavy (non-hydrogen) atoms. The topological polar surface area (TPSA) is 46.2 Å². The Morgan fingerprint density at radius 1 is 1.17 bits per heavy atom. The molecule has 3 nitrogen and oxygen atoms in total. The maximum atomic E-state index is 12.8. The Morgan fingerprint density at radius 3 is 2.39 bits per heavy atom. The molecular weight excluding hydrogens is 327 g/mol. The normalized spacial score (nSPS) is 22.8. The van der Waals surface area contributed by atoms with Crippen LogP contribution in [0.4, 0.5) is 18.9 Å². The fourth-order valence-corrected chi connectivity index (χ4v) is 3.53. The minimum atomic E-state index is -4.12. The van der Waals surface area contributed by atoms with Gasteiger partial charge < -0.3 is 5.32 Å². The zero-order valence-corrected chi connectivity index (χ0v) is 13.9. The average molecular weight is 349 g/mol. The van der Waals surface area contributed by atoms with Gasteiger partial charge >= 0.3 is 6.18 Å². The first-order valence-electron chi connectivity index (χ1n) is 7.73. The van der Waals surface area contributed by atoms with Gasteiger partial charge in [-0.25, -0.2) is 8.42 Å². The third-order valence-electron chi connectivity index (χ3n) is 4.22. The van der Waals surface area contributed by atoms with Gasteiger partial charge in [-0.2, -0.15) is 13.2 Å². The van der Waals surface area contributed by atoms with Gasteiger partial charge in [0.05, 0.1) is 11.7 Å². The van der Waals surface area contributed by atoms with E-state index in [9.17, 15) is 21.6 Å². The molecular formula is C16H22F3NO2S. The van der Waals surface area contributed by atoms with Crippen LogP contribution < -0.4 is 5.32 Å². The predicted octanol–water partition coefficient (Wildman–Crippen LogP) is 3.81. The van der Waals surface area contributed by atoms with Crippen LogP contribution in [0, 0.1) is 5.92 Å². The molecule has 0 amide bonds. The monoisotopic (exact) mass is 349 g/mol. The number of benzene rings is 1. The molecule has 0 heterocycles. The lowest BCUT2D eigenvalue weighted by molar-refractivity contribution is -0.182. The molecule has 1 aliphatic carbocycles. The summed E-state index contributed by atoms with van der Waals surface area (Å²) in [5, 5.41) is 3.16. The van der Waals surface area contributed by atoms with Crippen LogP contribution in [0.1, 0.15) is 31.2 Å². The van der Waals surface area contributed by atoms with Crippen molar-refractivity contribution in [2.45, 2.75) is 44.3 Å². The molecule has 1 N–H and O–H groups in total. The number of nitrogens with one attached hydrogen (secondary N) is 1. The van der Waals surface area contributed by atoms with Crippen LogP contribution in [0.3, 0.4) is 0 Å². The number of halogens is 3. The van der Waals surface area contributed by atoms with Gasteiger partial charge in [-0.1, -0.05) is 18.6 Å². The third kappa shape index (κ3) is 6.05. The first kappa shape index (κ1) is 18.1. The second kappa shape index (κ2) is 7.11. The molecule has 1 aromatic carbocycles. The summed E-state index contributed by atoms with van der Waals surface area (Å²) in [5.74, 6) is -1.13. The lowest BCUT2D eigenvalue weighted by Crippen LogP contribution is -2.34. The van der Waals surface area contributed by atoms with Gasteiger partial charge in [-0.05, 0) is 43.4 Å². The molecule has 1 aromatic rings. The standard InChI is InChI=1S/C16H22F3NO2S/c1-23(21,22)10-9-12-5-7-14(8-6-12)20-15-4-2-3-13(11-15)16(17,18)19/h5-8,13,15,20H,2-4,9-11H2,1H3/t13-,15+/m1/s1. The quantitative estimate of drug-likeness (QED) is 0.879. The number of rotatable bonds is 5. The lowest BCUT2D eigenvalue weighted by atomic mass is 9.85. The molecule has 2 rings (SSSR count). The highest BCUT2D eigenvalue weighted by Gasteiger charge is 2.42. The Kier molecular flexibility index (Phi) is 5.60. The summed E-state index contributed by atoms with van der Waals surface area (Å²) in [6.45, 7) is 0. The zero-order chi connectivity index (χ0) is 17.1. The van der Waals surface area contributed by atoms with E-state index in [4.69, 9.17) is 0 Å². The molecule has 0 bridgehead atoms. The maximum absolute atomic E-state index is 12.8. The van der Waals surface area contributed by atoms with Crippen LogP contribution in [0.5, 0.6) is 0 Å². The van der Waals surface area contributed by atoms with E-state index < -0.39 is 21.9 Å². The van der Waals surface area contributed by atoms with Crippen LogP contribution in [0.2, 0.25) is 0 Å². The summed E-state index contributed by atoms with van der Waals surface area (Å²) in [5.41, 5.74) is 1.68.